The van der Waals surface area contributed by atoms with Crippen LogP contribution >= 0.6 is 0 Å². The predicted molar refractivity (Wildman–Crippen MR) is 368 cm³/mol. The quantitative estimate of drug-likeness (QED) is 0.157. The smallest absolute Gasteiger partial charge is 0.0544 e. The Hall–Kier alpha value is -7.42. The van der Waals surface area contributed by atoms with Gasteiger partial charge in [0.05, 0.1) is 22.1 Å². The molecule has 2 nitrogen and oxygen atoms in total. The summed E-state index contributed by atoms with van der Waals surface area (Å²) in [6.07, 6.45) is 0. The average molecular weight is 1110 g/mol. The molecule has 0 amide bonds. The summed E-state index contributed by atoms with van der Waals surface area (Å²) in [4.78, 5) is 0. The first kappa shape index (κ1) is 58.4. The highest BCUT2D eigenvalue weighted by Gasteiger charge is 2.28. The summed E-state index contributed by atoms with van der Waals surface area (Å²) in [5.41, 5.74) is 26.1. The third-order valence-corrected chi connectivity index (χ3v) is 18.0. The Morgan fingerprint density at radius 2 is 0.512 bits per heavy atom. The molecule has 11 rings (SSSR count). The minimum atomic E-state index is -0.0836. The third kappa shape index (κ3) is 10.9. The van der Waals surface area contributed by atoms with Crippen molar-refractivity contribution < 1.29 is 0 Å². The fourth-order valence-electron chi connectivity index (χ4n) is 12.4. The van der Waals surface area contributed by atoms with Crippen molar-refractivity contribution in [2.75, 3.05) is 0 Å². The maximum Gasteiger partial charge on any atom is 0.0544 e. The summed E-state index contributed by atoms with van der Waals surface area (Å²) < 4.78 is 4.97. The third-order valence-electron chi connectivity index (χ3n) is 18.0. The van der Waals surface area contributed by atoms with Crippen LogP contribution in [0.2, 0.25) is 0 Å². The van der Waals surface area contributed by atoms with E-state index in [0.29, 0.717) is 0 Å². The molecule has 0 aliphatic heterocycles. The normalized spacial score (nSPS) is 13.3. The lowest BCUT2D eigenvalue weighted by molar-refractivity contribution is 0.568. The molecule has 0 fully saturated rings. The van der Waals surface area contributed by atoms with Gasteiger partial charge in [-0.05, 0) is 194 Å². The molecule has 0 atom stereocenters. The van der Waals surface area contributed by atoms with Crippen LogP contribution in [-0.2, 0) is 37.9 Å². The lowest BCUT2D eigenvalue weighted by Gasteiger charge is -2.28. The van der Waals surface area contributed by atoms with Gasteiger partial charge in [0.25, 0.3) is 0 Å². The highest BCUT2D eigenvalue weighted by Crippen LogP contribution is 2.48. The minimum Gasteiger partial charge on any atom is -0.309 e. The van der Waals surface area contributed by atoms with Crippen LogP contribution in [0.5, 0.6) is 0 Å². The maximum atomic E-state index is 2.58. The van der Waals surface area contributed by atoms with E-state index in [-0.39, 0.29) is 37.9 Å². The Morgan fingerprint density at radius 3 is 0.881 bits per heavy atom. The molecule has 0 aliphatic rings. The van der Waals surface area contributed by atoms with E-state index in [2.05, 4.69) is 330 Å². The Morgan fingerprint density at radius 1 is 0.202 bits per heavy atom. The molecular weight excluding hydrogens is 1010 g/mol. The summed E-state index contributed by atoms with van der Waals surface area (Å²) in [7, 11) is 0. The van der Waals surface area contributed by atoms with Gasteiger partial charge in [-0.3, -0.25) is 0 Å². The van der Waals surface area contributed by atoms with E-state index >= 15 is 0 Å². The van der Waals surface area contributed by atoms with Crippen molar-refractivity contribution >= 4 is 43.6 Å². The van der Waals surface area contributed by atoms with Gasteiger partial charge in [-0.1, -0.05) is 249 Å². The number of hydrogen-bond donors (Lipinski definition) is 0. The van der Waals surface area contributed by atoms with E-state index in [0.717, 1.165) is 0 Å². The first-order chi connectivity index (χ1) is 39.0. The number of para-hydroxylation sites is 1. The topological polar surface area (TPSA) is 9.86 Å². The van der Waals surface area contributed by atoms with Crippen molar-refractivity contribution in [2.24, 2.45) is 0 Å². The zero-order valence-corrected chi connectivity index (χ0v) is 54.6. The van der Waals surface area contributed by atoms with Crippen LogP contribution in [-0.4, -0.2) is 9.13 Å². The van der Waals surface area contributed by atoms with Crippen LogP contribution in [0.15, 0.2) is 176 Å². The number of rotatable bonds is 6. The summed E-state index contributed by atoms with van der Waals surface area (Å²) in [6, 6.07) is 69.3. The van der Waals surface area contributed by atoms with Crippen molar-refractivity contribution in [1.29, 1.82) is 0 Å². The Kier molecular flexibility index (Phi) is 14.0. The van der Waals surface area contributed by atoms with Crippen LogP contribution in [0.1, 0.15) is 184 Å². The van der Waals surface area contributed by atoms with Crippen LogP contribution in [0.4, 0.5) is 0 Å². The molecule has 0 aliphatic carbocycles. The summed E-state index contributed by atoms with van der Waals surface area (Å²) in [5, 5.41) is 5.00. The second-order valence-corrected chi connectivity index (χ2v) is 31.8. The first-order valence-electron chi connectivity index (χ1n) is 30.9. The second kappa shape index (κ2) is 20.1. The molecule has 0 saturated carbocycles. The van der Waals surface area contributed by atoms with E-state index < -0.39 is 0 Å². The molecule has 0 unspecified atom stereocenters. The lowest BCUT2D eigenvalue weighted by Crippen LogP contribution is -2.16. The molecule has 9 aromatic carbocycles. The molecule has 0 saturated heterocycles. The SMILES string of the molecule is CC(C)(C)c1ccc(-n2c3ccccc3c3cc(-c4cc(-c5cc(C(C)(C)C)cc(C(C)(C)C)c5)c(-c5ccc6c(c5)c5ccc(C(C)(C)C)cc5n6-c5ccc(C(C)(C)C)cc5)cc4-c4cc(C(C)(C)C)cc(C(C)(C)C)c4)ccc32)cc1. The van der Waals surface area contributed by atoms with Crippen molar-refractivity contribution in [3.63, 3.8) is 0 Å². The number of nitrogens with zero attached hydrogens (tertiary/aromatic N) is 2. The molecule has 2 heteroatoms. The van der Waals surface area contributed by atoms with E-state index in [1.165, 1.54) is 138 Å². The first-order valence-corrected chi connectivity index (χ1v) is 30.9. The van der Waals surface area contributed by atoms with Crippen LogP contribution < -0.4 is 0 Å². The maximum absolute atomic E-state index is 2.58. The standard InChI is InChI=1S/C82H92N2/c1-76(2,3)55-28-33-62(34-29-55)83-72-25-23-22-24-64(72)70-44-51(26-38-73(70)83)66-49-69(54-42-60(81(16,17)18)47-61(43-54)82(19,20)21)67(50-68(66)53-40-58(79(10,11)12)46-59(41-53)80(13,14)15)52-27-39-74-71(45-52)65-37-32-57(78(7,8)9)48-75(65)84(74)63-35-30-56(31-36-63)77(4,5)6/h22-50H,1-21H3. The van der Waals surface area contributed by atoms with Crippen LogP contribution in [0.25, 0.3) is 99.5 Å². The van der Waals surface area contributed by atoms with Crippen LogP contribution in [0, 0.1) is 0 Å². The molecule has 0 radical (unpaired) electrons. The van der Waals surface area contributed by atoms with E-state index in [9.17, 15) is 0 Å². The molecule has 2 heterocycles. The highest BCUT2D eigenvalue weighted by atomic mass is 15.0. The predicted octanol–water partition coefficient (Wildman–Crippen LogP) is 23.6. The van der Waals surface area contributed by atoms with Crippen molar-refractivity contribution in [3.05, 3.63) is 215 Å². The molecular formula is C82H92N2. The van der Waals surface area contributed by atoms with Crippen molar-refractivity contribution in [1.82, 2.24) is 9.13 Å². The molecule has 0 spiro atoms. The number of fused-ring (bicyclic) bond motifs is 6. The van der Waals surface area contributed by atoms with Crippen LogP contribution in [0.3, 0.4) is 0 Å². The number of benzene rings is 9. The highest BCUT2D eigenvalue weighted by molar-refractivity contribution is 6.13. The molecule has 430 valence electrons. The van der Waals surface area contributed by atoms with Gasteiger partial charge in [0, 0.05) is 32.9 Å². The van der Waals surface area contributed by atoms with Gasteiger partial charge in [0.1, 0.15) is 0 Å². The zero-order chi connectivity index (χ0) is 60.6. The van der Waals surface area contributed by atoms with Gasteiger partial charge in [0.2, 0.25) is 0 Å². The van der Waals surface area contributed by atoms with Gasteiger partial charge in [-0.15, -0.1) is 0 Å². The molecule has 0 bridgehead atoms. The van der Waals surface area contributed by atoms with Gasteiger partial charge >= 0.3 is 0 Å². The van der Waals surface area contributed by atoms with Crippen molar-refractivity contribution in [2.45, 2.75) is 183 Å². The minimum absolute atomic E-state index is 0.0195. The summed E-state index contributed by atoms with van der Waals surface area (Å²) in [6.45, 7) is 49.1. The van der Waals surface area contributed by atoms with E-state index in [1.807, 2.05) is 0 Å². The summed E-state index contributed by atoms with van der Waals surface area (Å²) >= 11 is 0. The monoisotopic (exact) mass is 1100 g/mol. The Bertz CT molecular complexity index is 4280. The second-order valence-electron chi connectivity index (χ2n) is 31.8. The molecule has 11 aromatic rings. The largest absolute Gasteiger partial charge is 0.309 e. The molecule has 0 N–H and O–H groups in total. The van der Waals surface area contributed by atoms with Gasteiger partial charge in [0.15, 0.2) is 0 Å². The zero-order valence-electron chi connectivity index (χ0n) is 54.6. The molecule has 84 heavy (non-hydrogen) atoms. The summed E-state index contributed by atoms with van der Waals surface area (Å²) in [5.74, 6) is 0. The Labute approximate surface area is 504 Å². The van der Waals surface area contributed by atoms with E-state index in [4.69, 9.17) is 0 Å². The van der Waals surface area contributed by atoms with Gasteiger partial charge in [-0.2, -0.15) is 0 Å². The average Bonchev–Trinajstić information content (AvgIpc) is 2.42. The fraction of sp³-hybridized carbons (Fsp3) is 0.341. The number of aromatic nitrogens is 2. The van der Waals surface area contributed by atoms with Gasteiger partial charge in [-0.25, -0.2) is 0 Å². The number of hydrogen-bond acceptors (Lipinski definition) is 0. The van der Waals surface area contributed by atoms with Crippen molar-refractivity contribution in [3.8, 4) is 55.9 Å². The Balaban J connectivity index is 1.26. The fourth-order valence-corrected chi connectivity index (χ4v) is 12.4. The molecule has 2 aromatic heterocycles. The lowest BCUT2D eigenvalue weighted by atomic mass is 9.76. The van der Waals surface area contributed by atoms with Gasteiger partial charge < -0.3 is 9.13 Å². The van der Waals surface area contributed by atoms with E-state index in [1.54, 1.807) is 0 Å².